The van der Waals surface area contributed by atoms with E-state index >= 15 is 0 Å². The number of fused-ring (bicyclic) bond motifs is 2. The van der Waals surface area contributed by atoms with E-state index < -0.39 is 0 Å². The first-order chi connectivity index (χ1) is 16.8. The van der Waals surface area contributed by atoms with Crippen LogP contribution < -0.4 is 0 Å². The minimum absolute atomic E-state index is 0.143. The summed E-state index contributed by atoms with van der Waals surface area (Å²) >= 11 is 1.73. The minimum atomic E-state index is 0.143. The van der Waals surface area contributed by atoms with Gasteiger partial charge in [0.05, 0.1) is 22.5 Å². The first-order valence-corrected chi connectivity index (χ1v) is 12.7. The number of piperazine rings is 1. The Kier molecular flexibility index (Phi) is 5.69. The standard InChI is InChI=1S/C28H26N4OS/c33-28(32-15-13-31(14-16-32)19-21-6-3-4-12-29-21)26-23-8-1-2-9-25(23)30-27-20(10-11-24(26)27)18-22-7-5-17-34-22/h1-9,12,17-18H,10-11,13-16,19H2/b20-18-. The summed E-state index contributed by atoms with van der Waals surface area (Å²) < 4.78 is 0. The zero-order valence-electron chi connectivity index (χ0n) is 19.0. The van der Waals surface area contributed by atoms with E-state index in [0.717, 1.165) is 79.0 Å². The maximum absolute atomic E-state index is 13.9. The van der Waals surface area contributed by atoms with Crippen molar-refractivity contribution in [2.45, 2.75) is 19.4 Å². The fraction of sp³-hybridized carbons (Fsp3) is 0.250. The maximum Gasteiger partial charge on any atom is 0.254 e. The lowest BCUT2D eigenvalue weighted by Crippen LogP contribution is -2.48. The Morgan fingerprint density at radius 1 is 0.971 bits per heavy atom. The lowest BCUT2D eigenvalue weighted by Gasteiger charge is -2.35. The summed E-state index contributed by atoms with van der Waals surface area (Å²) in [5.74, 6) is 0.143. The quantitative estimate of drug-likeness (QED) is 0.418. The molecule has 170 valence electrons. The molecule has 4 aromatic rings. The molecule has 1 saturated heterocycles. The summed E-state index contributed by atoms with van der Waals surface area (Å²) in [6.45, 7) is 4.01. The van der Waals surface area contributed by atoms with Crippen molar-refractivity contribution in [3.63, 3.8) is 0 Å². The molecule has 1 aliphatic heterocycles. The van der Waals surface area contributed by atoms with E-state index in [9.17, 15) is 4.79 Å². The van der Waals surface area contributed by atoms with Gasteiger partial charge in [-0.3, -0.25) is 14.7 Å². The first kappa shape index (κ1) is 21.2. The van der Waals surface area contributed by atoms with E-state index in [-0.39, 0.29) is 5.91 Å². The highest BCUT2D eigenvalue weighted by Gasteiger charge is 2.30. The molecule has 0 spiro atoms. The van der Waals surface area contributed by atoms with Crippen LogP contribution in [0.2, 0.25) is 0 Å². The van der Waals surface area contributed by atoms with Crippen molar-refractivity contribution >= 4 is 39.8 Å². The van der Waals surface area contributed by atoms with Crippen LogP contribution in [-0.2, 0) is 13.0 Å². The van der Waals surface area contributed by atoms with Crippen molar-refractivity contribution in [3.8, 4) is 0 Å². The Bertz CT molecular complexity index is 1360. The van der Waals surface area contributed by atoms with Gasteiger partial charge in [-0.1, -0.05) is 30.3 Å². The number of benzene rings is 1. The monoisotopic (exact) mass is 466 g/mol. The van der Waals surface area contributed by atoms with Crippen LogP contribution in [0, 0.1) is 0 Å². The number of hydrogen-bond acceptors (Lipinski definition) is 5. The molecule has 1 amide bonds. The molecular weight excluding hydrogens is 440 g/mol. The molecule has 3 aromatic heterocycles. The molecular formula is C28H26N4OS. The number of aromatic nitrogens is 2. The van der Waals surface area contributed by atoms with Crippen molar-refractivity contribution in [1.29, 1.82) is 0 Å². The highest BCUT2D eigenvalue weighted by atomic mass is 32.1. The molecule has 0 unspecified atom stereocenters. The number of carbonyl (C=O) groups excluding carboxylic acids is 1. The number of para-hydroxylation sites is 1. The zero-order chi connectivity index (χ0) is 22.9. The molecule has 2 aliphatic rings. The molecule has 0 N–H and O–H groups in total. The summed E-state index contributed by atoms with van der Waals surface area (Å²) in [5.41, 5.74) is 6.18. The maximum atomic E-state index is 13.9. The Morgan fingerprint density at radius 3 is 2.62 bits per heavy atom. The highest BCUT2D eigenvalue weighted by Crippen LogP contribution is 2.38. The first-order valence-electron chi connectivity index (χ1n) is 11.8. The van der Waals surface area contributed by atoms with Crippen molar-refractivity contribution < 1.29 is 4.79 Å². The van der Waals surface area contributed by atoms with Gasteiger partial charge < -0.3 is 4.90 Å². The van der Waals surface area contributed by atoms with Crippen molar-refractivity contribution in [3.05, 3.63) is 93.6 Å². The molecule has 6 rings (SSSR count). The van der Waals surface area contributed by atoms with Crippen molar-refractivity contribution in [2.75, 3.05) is 26.2 Å². The molecule has 0 atom stereocenters. The topological polar surface area (TPSA) is 49.3 Å². The van der Waals surface area contributed by atoms with E-state index in [0.29, 0.717) is 0 Å². The summed E-state index contributed by atoms with van der Waals surface area (Å²) in [6, 6.07) is 18.3. The van der Waals surface area contributed by atoms with Crippen LogP contribution in [0.3, 0.4) is 0 Å². The molecule has 1 aliphatic carbocycles. The molecule has 4 heterocycles. The van der Waals surface area contributed by atoms with Crippen LogP contribution in [0.25, 0.3) is 22.6 Å². The van der Waals surface area contributed by atoms with Crippen LogP contribution in [0.15, 0.2) is 66.2 Å². The van der Waals surface area contributed by atoms with Crippen LogP contribution in [-0.4, -0.2) is 51.9 Å². The molecule has 34 heavy (non-hydrogen) atoms. The largest absolute Gasteiger partial charge is 0.336 e. The molecule has 1 aromatic carbocycles. The summed E-state index contributed by atoms with van der Waals surface area (Å²) in [5, 5.41) is 3.07. The van der Waals surface area contributed by atoms with Gasteiger partial charge in [0.25, 0.3) is 5.91 Å². The Hall–Kier alpha value is -3.35. The summed E-state index contributed by atoms with van der Waals surface area (Å²) in [6.07, 6.45) is 5.87. The molecule has 1 fully saturated rings. The second kappa shape index (κ2) is 9.12. The fourth-order valence-electron chi connectivity index (χ4n) is 5.06. The second-order valence-corrected chi connectivity index (χ2v) is 9.88. The average molecular weight is 467 g/mol. The van der Waals surface area contributed by atoms with E-state index in [1.165, 1.54) is 10.5 Å². The van der Waals surface area contributed by atoms with E-state index in [1.807, 2.05) is 47.5 Å². The van der Waals surface area contributed by atoms with Crippen LogP contribution in [0.5, 0.6) is 0 Å². The third-order valence-corrected chi connectivity index (χ3v) is 7.61. The fourth-order valence-corrected chi connectivity index (χ4v) is 5.74. The predicted octanol–water partition coefficient (Wildman–Crippen LogP) is 5.14. The van der Waals surface area contributed by atoms with E-state index in [1.54, 1.807) is 11.3 Å². The van der Waals surface area contributed by atoms with Gasteiger partial charge in [-0.25, -0.2) is 4.98 Å². The van der Waals surface area contributed by atoms with Crippen molar-refractivity contribution in [1.82, 2.24) is 19.8 Å². The van der Waals surface area contributed by atoms with Gasteiger partial charge >= 0.3 is 0 Å². The smallest absolute Gasteiger partial charge is 0.254 e. The second-order valence-electron chi connectivity index (χ2n) is 8.91. The Morgan fingerprint density at radius 2 is 1.82 bits per heavy atom. The summed E-state index contributed by atoms with van der Waals surface area (Å²) in [7, 11) is 0. The number of carbonyl (C=O) groups is 1. The Labute approximate surface area is 203 Å². The molecule has 6 heteroatoms. The van der Waals surface area contributed by atoms with Gasteiger partial charge in [0.1, 0.15) is 0 Å². The third kappa shape index (κ3) is 4.04. The molecule has 5 nitrogen and oxygen atoms in total. The number of pyridine rings is 2. The lowest BCUT2D eigenvalue weighted by molar-refractivity contribution is 0.0628. The summed E-state index contributed by atoms with van der Waals surface area (Å²) in [4.78, 5) is 29.0. The van der Waals surface area contributed by atoms with E-state index in [2.05, 4.69) is 39.5 Å². The number of hydrogen-bond donors (Lipinski definition) is 0. The van der Waals surface area contributed by atoms with Crippen molar-refractivity contribution in [2.24, 2.45) is 0 Å². The lowest BCUT2D eigenvalue weighted by atomic mass is 9.99. The average Bonchev–Trinajstić information content (AvgIpc) is 3.54. The van der Waals surface area contributed by atoms with Gasteiger partial charge in [-0.15, -0.1) is 11.3 Å². The Balaban J connectivity index is 1.29. The van der Waals surface area contributed by atoms with Crippen LogP contribution in [0.4, 0.5) is 0 Å². The number of rotatable bonds is 4. The molecule has 0 saturated carbocycles. The predicted molar refractivity (Wildman–Crippen MR) is 138 cm³/mol. The van der Waals surface area contributed by atoms with Gasteiger partial charge in [-0.05, 0) is 59.7 Å². The normalized spacial score (nSPS) is 17.4. The number of thiophene rings is 1. The highest BCUT2D eigenvalue weighted by molar-refractivity contribution is 7.10. The third-order valence-electron chi connectivity index (χ3n) is 6.79. The van der Waals surface area contributed by atoms with E-state index in [4.69, 9.17) is 4.98 Å². The zero-order valence-corrected chi connectivity index (χ0v) is 19.8. The van der Waals surface area contributed by atoms with Crippen LogP contribution in [0.1, 0.15) is 38.6 Å². The number of nitrogens with zero attached hydrogens (tertiary/aromatic N) is 4. The minimum Gasteiger partial charge on any atom is -0.336 e. The van der Waals surface area contributed by atoms with Gasteiger partial charge in [0.15, 0.2) is 0 Å². The SMILES string of the molecule is O=C(c1c2c(nc3ccccc13)/C(=C\c1cccs1)CC2)N1CCN(Cc2ccccn2)CC1. The van der Waals surface area contributed by atoms with Gasteiger partial charge in [0, 0.05) is 49.2 Å². The van der Waals surface area contributed by atoms with Gasteiger partial charge in [-0.2, -0.15) is 0 Å². The number of amides is 1. The molecule has 0 bridgehead atoms. The molecule has 0 radical (unpaired) electrons. The van der Waals surface area contributed by atoms with Crippen LogP contribution >= 0.6 is 11.3 Å². The number of allylic oxidation sites excluding steroid dienone is 1. The van der Waals surface area contributed by atoms with Gasteiger partial charge in [0.2, 0.25) is 0 Å².